The second-order valence-corrected chi connectivity index (χ2v) is 4.76. The number of nitrogens with zero attached hydrogens (tertiary/aromatic N) is 1. The van der Waals surface area contributed by atoms with Crippen LogP contribution >= 0.6 is 34.8 Å². The van der Waals surface area contributed by atoms with Crippen LogP contribution in [0.25, 0.3) is 0 Å². The Morgan fingerprint density at radius 2 is 1.74 bits per heavy atom. The summed E-state index contributed by atoms with van der Waals surface area (Å²) in [6, 6.07) is 7.68. The Bertz CT molecular complexity index is 627. The summed E-state index contributed by atoms with van der Waals surface area (Å²) in [5.74, 6) is -1.05. The lowest BCUT2D eigenvalue weighted by Gasteiger charge is -2.11. The highest BCUT2D eigenvalue weighted by atomic mass is 35.5. The summed E-state index contributed by atoms with van der Waals surface area (Å²) < 4.78 is 0. The van der Waals surface area contributed by atoms with E-state index in [0.29, 0.717) is 15.7 Å². The summed E-state index contributed by atoms with van der Waals surface area (Å²) in [6.07, 6.45) is 0. The van der Waals surface area contributed by atoms with E-state index in [4.69, 9.17) is 39.9 Å². The van der Waals surface area contributed by atoms with Crippen molar-refractivity contribution in [3.05, 3.63) is 51.1 Å². The standard InChI is InChI=1S/C12H7Cl3N2O2/c13-7-2-1-3-8(14)10(7)17-11-6(12(18)19)4-5-9(15)16-11/h1-5H,(H,16,17)(H,18,19). The Hall–Kier alpha value is -1.49. The summed E-state index contributed by atoms with van der Waals surface area (Å²) in [6.45, 7) is 0. The minimum atomic E-state index is -1.13. The van der Waals surface area contributed by atoms with Gasteiger partial charge in [0.05, 0.1) is 15.7 Å². The normalized spacial score (nSPS) is 10.3. The van der Waals surface area contributed by atoms with Gasteiger partial charge in [0, 0.05) is 0 Å². The maximum absolute atomic E-state index is 11.1. The monoisotopic (exact) mass is 316 g/mol. The smallest absolute Gasteiger partial charge is 0.339 e. The fourth-order valence-corrected chi connectivity index (χ4v) is 2.08. The number of para-hydroxylation sites is 1. The Morgan fingerprint density at radius 3 is 2.32 bits per heavy atom. The molecule has 0 aliphatic carbocycles. The summed E-state index contributed by atoms with van der Waals surface area (Å²) in [7, 11) is 0. The second-order valence-electron chi connectivity index (χ2n) is 3.56. The molecule has 0 amide bonds. The van der Waals surface area contributed by atoms with Crippen molar-refractivity contribution in [2.75, 3.05) is 5.32 Å². The molecule has 0 saturated carbocycles. The van der Waals surface area contributed by atoms with Crippen LogP contribution in [0, 0.1) is 0 Å². The van der Waals surface area contributed by atoms with Crippen molar-refractivity contribution in [1.29, 1.82) is 0 Å². The Kier molecular flexibility index (Phi) is 4.14. The highest BCUT2D eigenvalue weighted by Crippen LogP contribution is 2.33. The van der Waals surface area contributed by atoms with E-state index in [2.05, 4.69) is 10.3 Å². The molecule has 98 valence electrons. The number of aromatic carboxylic acids is 1. The Morgan fingerprint density at radius 1 is 1.11 bits per heavy atom. The van der Waals surface area contributed by atoms with Gasteiger partial charge in [-0.3, -0.25) is 0 Å². The van der Waals surface area contributed by atoms with Crippen molar-refractivity contribution in [1.82, 2.24) is 4.98 Å². The number of carbonyl (C=O) groups is 1. The first-order valence-electron chi connectivity index (χ1n) is 5.10. The first-order chi connectivity index (χ1) is 8.99. The van der Waals surface area contributed by atoms with Gasteiger partial charge in [-0.25, -0.2) is 9.78 Å². The molecular weight excluding hydrogens is 311 g/mol. The predicted molar refractivity (Wildman–Crippen MR) is 76.0 cm³/mol. The molecule has 1 aromatic carbocycles. The molecule has 1 aromatic heterocycles. The maximum Gasteiger partial charge on any atom is 0.339 e. The molecule has 2 rings (SSSR count). The number of nitrogens with one attached hydrogen (secondary N) is 1. The van der Waals surface area contributed by atoms with Crippen molar-refractivity contribution < 1.29 is 9.90 Å². The highest BCUT2D eigenvalue weighted by Gasteiger charge is 2.14. The molecule has 0 spiro atoms. The fraction of sp³-hybridized carbons (Fsp3) is 0. The Balaban J connectivity index is 2.49. The van der Waals surface area contributed by atoms with Crippen LogP contribution in [0.3, 0.4) is 0 Å². The quantitative estimate of drug-likeness (QED) is 0.819. The molecular formula is C12H7Cl3N2O2. The number of carboxylic acids is 1. The highest BCUT2D eigenvalue weighted by molar-refractivity contribution is 6.39. The zero-order valence-electron chi connectivity index (χ0n) is 9.32. The van der Waals surface area contributed by atoms with E-state index in [1.165, 1.54) is 12.1 Å². The topological polar surface area (TPSA) is 62.2 Å². The van der Waals surface area contributed by atoms with E-state index < -0.39 is 5.97 Å². The van der Waals surface area contributed by atoms with Gasteiger partial charge in [-0.2, -0.15) is 0 Å². The van der Waals surface area contributed by atoms with Crippen molar-refractivity contribution in [3.63, 3.8) is 0 Å². The summed E-state index contributed by atoms with van der Waals surface area (Å²) in [5.41, 5.74) is 0.350. The average Bonchev–Trinajstić information content (AvgIpc) is 2.33. The third-order valence-corrected chi connectivity index (χ3v) is 3.14. The molecule has 0 bridgehead atoms. The number of anilines is 2. The molecule has 7 heteroatoms. The van der Waals surface area contributed by atoms with Crippen LogP contribution in [0.1, 0.15) is 10.4 Å². The van der Waals surface area contributed by atoms with Crippen molar-refractivity contribution in [2.24, 2.45) is 0 Å². The molecule has 2 N–H and O–H groups in total. The predicted octanol–water partition coefficient (Wildman–Crippen LogP) is 4.48. The summed E-state index contributed by atoms with van der Waals surface area (Å²) in [5, 5.41) is 12.7. The first-order valence-corrected chi connectivity index (χ1v) is 6.23. The number of carboxylic acid groups (broad SMARTS) is 1. The van der Waals surface area contributed by atoms with E-state index >= 15 is 0 Å². The van der Waals surface area contributed by atoms with Crippen molar-refractivity contribution in [2.45, 2.75) is 0 Å². The van der Waals surface area contributed by atoms with Crippen LogP contribution in [0.5, 0.6) is 0 Å². The first kappa shape index (κ1) is 13.9. The molecule has 2 aromatic rings. The van der Waals surface area contributed by atoms with Crippen molar-refractivity contribution in [3.8, 4) is 0 Å². The van der Waals surface area contributed by atoms with Crippen LogP contribution < -0.4 is 5.32 Å². The average molecular weight is 318 g/mol. The third-order valence-electron chi connectivity index (χ3n) is 2.30. The van der Waals surface area contributed by atoms with Crippen LogP contribution in [-0.4, -0.2) is 16.1 Å². The van der Waals surface area contributed by atoms with Crippen LogP contribution in [0.15, 0.2) is 30.3 Å². The number of pyridine rings is 1. The molecule has 0 radical (unpaired) electrons. The lowest BCUT2D eigenvalue weighted by atomic mass is 10.2. The zero-order valence-corrected chi connectivity index (χ0v) is 11.6. The molecule has 0 unspecified atom stereocenters. The molecule has 0 aliphatic heterocycles. The van der Waals surface area contributed by atoms with Gasteiger partial charge in [0.15, 0.2) is 0 Å². The second kappa shape index (κ2) is 5.65. The number of hydrogen-bond acceptors (Lipinski definition) is 3. The molecule has 0 aliphatic rings. The SMILES string of the molecule is O=C(O)c1ccc(Cl)nc1Nc1c(Cl)cccc1Cl. The molecule has 4 nitrogen and oxygen atoms in total. The minimum Gasteiger partial charge on any atom is -0.478 e. The molecule has 0 fully saturated rings. The Labute approximate surface area is 123 Å². The lowest BCUT2D eigenvalue weighted by Crippen LogP contribution is -2.05. The van der Waals surface area contributed by atoms with Crippen molar-refractivity contribution >= 4 is 52.3 Å². The lowest BCUT2D eigenvalue weighted by molar-refractivity contribution is 0.0697. The minimum absolute atomic E-state index is 0.0274. The molecule has 0 saturated heterocycles. The van der Waals surface area contributed by atoms with Crippen LogP contribution in [0.2, 0.25) is 15.2 Å². The molecule has 19 heavy (non-hydrogen) atoms. The van der Waals surface area contributed by atoms with Gasteiger partial charge in [-0.15, -0.1) is 0 Å². The van der Waals surface area contributed by atoms with Gasteiger partial charge in [-0.1, -0.05) is 40.9 Å². The number of benzene rings is 1. The van der Waals surface area contributed by atoms with Gasteiger partial charge in [0.25, 0.3) is 0 Å². The van der Waals surface area contributed by atoms with E-state index in [-0.39, 0.29) is 16.5 Å². The summed E-state index contributed by atoms with van der Waals surface area (Å²) in [4.78, 5) is 15.0. The van der Waals surface area contributed by atoms with Crippen LogP contribution in [0.4, 0.5) is 11.5 Å². The largest absolute Gasteiger partial charge is 0.478 e. The van der Waals surface area contributed by atoms with E-state index in [1.54, 1.807) is 18.2 Å². The van der Waals surface area contributed by atoms with Gasteiger partial charge in [-0.05, 0) is 24.3 Å². The van der Waals surface area contributed by atoms with E-state index in [9.17, 15) is 4.79 Å². The maximum atomic E-state index is 11.1. The van der Waals surface area contributed by atoms with Crippen LogP contribution in [-0.2, 0) is 0 Å². The van der Waals surface area contributed by atoms with Gasteiger partial charge < -0.3 is 10.4 Å². The van der Waals surface area contributed by atoms with Gasteiger partial charge >= 0.3 is 5.97 Å². The number of aromatic nitrogens is 1. The number of rotatable bonds is 3. The number of halogens is 3. The van der Waals surface area contributed by atoms with E-state index in [0.717, 1.165) is 0 Å². The van der Waals surface area contributed by atoms with Gasteiger partial charge in [0.1, 0.15) is 16.5 Å². The molecule has 0 atom stereocenters. The zero-order chi connectivity index (χ0) is 14.0. The third kappa shape index (κ3) is 3.10. The van der Waals surface area contributed by atoms with E-state index in [1.807, 2.05) is 0 Å². The fourth-order valence-electron chi connectivity index (χ4n) is 1.44. The van der Waals surface area contributed by atoms with Gasteiger partial charge in [0.2, 0.25) is 0 Å². The summed E-state index contributed by atoms with van der Waals surface area (Å²) >= 11 is 17.7. The molecule has 1 heterocycles. The number of hydrogen-bond donors (Lipinski definition) is 2.